The van der Waals surface area contributed by atoms with Gasteiger partial charge < -0.3 is 18.9 Å². The van der Waals surface area contributed by atoms with Gasteiger partial charge in [-0.2, -0.15) is 0 Å². The first-order valence-corrected chi connectivity index (χ1v) is 11.7. The van der Waals surface area contributed by atoms with Crippen LogP contribution in [0.3, 0.4) is 0 Å². The molecule has 0 unspecified atom stereocenters. The first-order valence-electron chi connectivity index (χ1n) is 10.5. The number of imide groups is 1. The van der Waals surface area contributed by atoms with Gasteiger partial charge in [0, 0.05) is 11.1 Å². The van der Waals surface area contributed by atoms with E-state index in [0.29, 0.717) is 45.9 Å². The van der Waals surface area contributed by atoms with Crippen molar-refractivity contribution in [3.8, 4) is 23.0 Å². The molecule has 0 aliphatic carbocycles. The number of amides is 2. The fourth-order valence-corrected chi connectivity index (χ4v) is 4.39. The smallest absolute Gasteiger partial charge is 0.298 e. The van der Waals surface area contributed by atoms with Gasteiger partial charge >= 0.3 is 0 Å². The van der Waals surface area contributed by atoms with Crippen LogP contribution in [0.2, 0.25) is 5.02 Å². The third kappa shape index (κ3) is 5.39. The average molecular weight is 512 g/mol. The summed E-state index contributed by atoms with van der Waals surface area (Å²) in [4.78, 5) is 27.2. The van der Waals surface area contributed by atoms with Crippen molar-refractivity contribution in [3.05, 3.63) is 81.7 Å². The van der Waals surface area contributed by atoms with E-state index in [4.69, 9.17) is 30.5 Å². The van der Waals surface area contributed by atoms with Crippen molar-refractivity contribution in [1.82, 2.24) is 0 Å². The molecule has 0 spiro atoms. The van der Waals surface area contributed by atoms with Gasteiger partial charge in [0.25, 0.3) is 11.1 Å². The van der Waals surface area contributed by atoms with Crippen LogP contribution in [0.4, 0.5) is 10.5 Å². The highest BCUT2D eigenvalue weighted by Crippen LogP contribution is 2.41. The fourth-order valence-electron chi connectivity index (χ4n) is 3.43. The van der Waals surface area contributed by atoms with Gasteiger partial charge in [-0.15, -0.1) is 0 Å². The number of hydrogen-bond acceptors (Lipinski definition) is 7. The summed E-state index contributed by atoms with van der Waals surface area (Å²) in [5, 5.41) is 0.241. The molecule has 9 heteroatoms. The third-order valence-electron chi connectivity index (χ3n) is 5.21. The summed E-state index contributed by atoms with van der Waals surface area (Å²) < 4.78 is 21.9. The summed E-state index contributed by atoms with van der Waals surface area (Å²) in [5.41, 5.74) is 2.00. The molecule has 3 aromatic carbocycles. The Balaban J connectivity index is 1.55. The van der Waals surface area contributed by atoms with Gasteiger partial charge in [-0.05, 0) is 65.4 Å². The highest BCUT2D eigenvalue weighted by molar-refractivity contribution is 8.19. The first kappa shape index (κ1) is 24.5. The molecule has 4 rings (SSSR count). The molecule has 1 aliphatic rings. The van der Waals surface area contributed by atoms with Crippen LogP contribution < -0.4 is 23.8 Å². The van der Waals surface area contributed by atoms with E-state index in [1.807, 2.05) is 12.1 Å². The molecule has 7 nitrogen and oxygen atoms in total. The summed E-state index contributed by atoms with van der Waals surface area (Å²) in [7, 11) is 4.54. The number of ether oxygens (including phenoxy) is 4. The number of benzene rings is 3. The lowest BCUT2D eigenvalue weighted by atomic mass is 10.1. The Hall–Kier alpha value is -3.62. The minimum atomic E-state index is -0.439. The van der Waals surface area contributed by atoms with Gasteiger partial charge in [-0.25, -0.2) is 4.90 Å². The number of anilines is 1. The lowest BCUT2D eigenvalue weighted by Crippen LogP contribution is -2.28. The molecule has 0 atom stereocenters. The summed E-state index contributed by atoms with van der Waals surface area (Å²) in [6.07, 6.45) is 1.65. The van der Waals surface area contributed by atoms with Crippen molar-refractivity contribution in [1.29, 1.82) is 0 Å². The molecule has 0 aromatic heterocycles. The molecule has 0 radical (unpaired) electrons. The second-order valence-electron chi connectivity index (χ2n) is 7.38. The minimum Gasteiger partial charge on any atom is -0.497 e. The number of carbonyl (C=O) groups excluding carboxylic acids is 2. The quantitative estimate of drug-likeness (QED) is 0.334. The van der Waals surface area contributed by atoms with Crippen LogP contribution in [-0.4, -0.2) is 32.5 Å². The molecule has 1 aliphatic heterocycles. The Bertz CT molecular complexity index is 1290. The van der Waals surface area contributed by atoms with Crippen molar-refractivity contribution in [3.63, 3.8) is 0 Å². The summed E-state index contributed by atoms with van der Waals surface area (Å²) in [6.45, 7) is 0.343. The van der Waals surface area contributed by atoms with Crippen LogP contribution in [0, 0.1) is 0 Å². The van der Waals surface area contributed by atoms with E-state index in [-0.39, 0.29) is 4.91 Å². The number of hydrogen-bond donors (Lipinski definition) is 0. The Morgan fingerprint density at radius 3 is 2.29 bits per heavy atom. The minimum absolute atomic E-state index is 0.282. The van der Waals surface area contributed by atoms with Crippen LogP contribution in [0.15, 0.2) is 65.6 Å². The van der Waals surface area contributed by atoms with Crippen molar-refractivity contribution in [2.75, 3.05) is 26.2 Å². The molecule has 3 aromatic rings. The van der Waals surface area contributed by atoms with Gasteiger partial charge in [0.2, 0.25) is 0 Å². The molecule has 1 saturated heterocycles. The van der Waals surface area contributed by atoms with Crippen molar-refractivity contribution in [2.24, 2.45) is 0 Å². The first-order chi connectivity index (χ1) is 16.9. The lowest BCUT2D eigenvalue weighted by molar-refractivity contribution is -0.113. The summed E-state index contributed by atoms with van der Waals surface area (Å²) in [6, 6.07) is 17.6. The van der Waals surface area contributed by atoms with E-state index >= 15 is 0 Å². The second-order valence-corrected chi connectivity index (χ2v) is 8.81. The largest absolute Gasteiger partial charge is 0.497 e. The number of methoxy groups -OCH3 is 3. The van der Waals surface area contributed by atoms with Crippen LogP contribution in [0.1, 0.15) is 11.1 Å². The van der Waals surface area contributed by atoms with E-state index in [2.05, 4.69) is 0 Å². The molecule has 0 N–H and O–H groups in total. The van der Waals surface area contributed by atoms with E-state index in [0.717, 1.165) is 22.2 Å². The highest BCUT2D eigenvalue weighted by atomic mass is 35.5. The average Bonchev–Trinajstić information content (AvgIpc) is 3.15. The molecule has 0 bridgehead atoms. The van der Waals surface area contributed by atoms with Crippen molar-refractivity contribution < 1.29 is 28.5 Å². The van der Waals surface area contributed by atoms with Gasteiger partial charge in [0.05, 0.1) is 31.9 Å². The molecule has 1 fully saturated rings. The van der Waals surface area contributed by atoms with E-state index in [1.165, 1.54) is 21.3 Å². The van der Waals surface area contributed by atoms with Crippen LogP contribution in [-0.2, 0) is 11.4 Å². The van der Waals surface area contributed by atoms with Gasteiger partial charge in [0.15, 0.2) is 11.5 Å². The normalized spacial score (nSPS) is 14.4. The Kier molecular flexibility index (Phi) is 7.53. The summed E-state index contributed by atoms with van der Waals surface area (Å²) >= 11 is 6.78. The van der Waals surface area contributed by atoms with Crippen LogP contribution in [0.25, 0.3) is 6.08 Å². The van der Waals surface area contributed by atoms with Crippen molar-refractivity contribution >= 4 is 46.3 Å². The van der Waals surface area contributed by atoms with Crippen LogP contribution >= 0.6 is 23.4 Å². The zero-order chi connectivity index (χ0) is 24.9. The number of halogens is 1. The lowest BCUT2D eigenvalue weighted by Gasteiger charge is -2.17. The van der Waals surface area contributed by atoms with E-state index in [9.17, 15) is 9.59 Å². The summed E-state index contributed by atoms with van der Waals surface area (Å²) in [5.74, 6) is 1.53. The van der Waals surface area contributed by atoms with Gasteiger partial charge in [0.1, 0.15) is 18.1 Å². The topological polar surface area (TPSA) is 74.3 Å². The maximum atomic E-state index is 13.1. The Morgan fingerprint density at radius 1 is 0.857 bits per heavy atom. The number of rotatable bonds is 8. The molecule has 2 amide bonds. The zero-order valence-corrected chi connectivity index (χ0v) is 20.8. The molecular weight excluding hydrogens is 490 g/mol. The predicted molar refractivity (Wildman–Crippen MR) is 137 cm³/mol. The zero-order valence-electron chi connectivity index (χ0n) is 19.2. The number of nitrogens with zero attached hydrogens (tertiary/aromatic N) is 1. The predicted octanol–water partition coefficient (Wildman–Crippen LogP) is 6.19. The number of carbonyl (C=O) groups is 2. The maximum Gasteiger partial charge on any atom is 0.298 e. The third-order valence-corrected chi connectivity index (χ3v) is 6.34. The van der Waals surface area contributed by atoms with Gasteiger partial charge in [-0.1, -0.05) is 29.8 Å². The second kappa shape index (κ2) is 10.8. The Morgan fingerprint density at radius 2 is 1.60 bits per heavy atom. The van der Waals surface area contributed by atoms with E-state index in [1.54, 1.807) is 54.6 Å². The molecule has 35 heavy (non-hydrogen) atoms. The molecular formula is C26H22ClNO6S. The maximum absolute atomic E-state index is 13.1. The van der Waals surface area contributed by atoms with Crippen molar-refractivity contribution in [2.45, 2.75) is 6.61 Å². The highest BCUT2D eigenvalue weighted by Gasteiger charge is 2.38. The molecule has 180 valence electrons. The molecule has 1 heterocycles. The number of thioether (sulfide) groups is 1. The van der Waals surface area contributed by atoms with Crippen LogP contribution in [0.5, 0.6) is 23.0 Å². The fraction of sp³-hybridized carbons (Fsp3) is 0.154. The monoisotopic (exact) mass is 511 g/mol. The SMILES string of the molecule is COc1ccc(N2C(=O)S/C(=C\c3ccc(OCc4ccc(Cl)cc4)c(OC)c3)C2=O)c(OC)c1. The molecule has 0 saturated carbocycles. The van der Waals surface area contributed by atoms with Gasteiger partial charge in [-0.3, -0.25) is 9.59 Å². The Labute approximate surface area is 212 Å². The standard InChI is InChI=1S/C26H22ClNO6S/c1-31-19-9-10-20(22(14-19)32-2)28-25(29)24(35-26(28)30)13-17-6-11-21(23(12-17)33-3)34-15-16-4-7-18(27)8-5-16/h4-14H,15H2,1-3H3/b24-13-. The van der Waals surface area contributed by atoms with E-state index < -0.39 is 11.1 Å².